The van der Waals surface area contributed by atoms with Gasteiger partial charge in [-0.15, -0.1) is 11.8 Å². The van der Waals surface area contributed by atoms with Crippen LogP contribution in [0, 0.1) is 6.92 Å². The molecule has 156 valence electrons. The Hall–Kier alpha value is -2.92. The van der Waals surface area contributed by atoms with E-state index in [4.69, 9.17) is 9.47 Å². The lowest BCUT2D eigenvalue weighted by Crippen LogP contribution is -2.34. The first-order chi connectivity index (χ1) is 14.5. The van der Waals surface area contributed by atoms with E-state index in [1.165, 1.54) is 17.3 Å². The summed E-state index contributed by atoms with van der Waals surface area (Å²) in [6.07, 6.45) is 0. The minimum absolute atomic E-state index is 0.0239. The number of thioether (sulfide) groups is 1. The molecule has 0 spiro atoms. The molecule has 0 aromatic heterocycles. The quantitative estimate of drug-likeness (QED) is 0.495. The van der Waals surface area contributed by atoms with Gasteiger partial charge in [-0.3, -0.25) is 4.79 Å². The predicted molar refractivity (Wildman–Crippen MR) is 122 cm³/mol. The summed E-state index contributed by atoms with van der Waals surface area (Å²) in [5, 5.41) is 2.95. The number of rotatable bonds is 8. The van der Waals surface area contributed by atoms with Crippen molar-refractivity contribution >= 4 is 17.7 Å². The zero-order valence-corrected chi connectivity index (χ0v) is 18.5. The molecular formula is C25H27NO3S. The average Bonchev–Trinajstić information content (AvgIpc) is 2.78. The van der Waals surface area contributed by atoms with Gasteiger partial charge in [0, 0.05) is 4.90 Å². The molecule has 5 heteroatoms. The molecule has 3 aromatic carbocycles. The second-order valence-electron chi connectivity index (χ2n) is 7.04. The lowest BCUT2D eigenvalue weighted by molar-refractivity contribution is -0.120. The highest BCUT2D eigenvalue weighted by molar-refractivity contribution is 8.00. The molecular weight excluding hydrogens is 394 g/mol. The Morgan fingerprint density at radius 3 is 2.13 bits per heavy atom. The normalized spacial score (nSPS) is 12.7. The van der Waals surface area contributed by atoms with Crippen molar-refractivity contribution in [2.45, 2.75) is 30.0 Å². The van der Waals surface area contributed by atoms with Crippen LogP contribution in [0.25, 0.3) is 0 Å². The van der Waals surface area contributed by atoms with E-state index in [0.29, 0.717) is 11.5 Å². The maximum Gasteiger partial charge on any atom is 0.233 e. The first kappa shape index (κ1) is 21.8. The fourth-order valence-electron chi connectivity index (χ4n) is 3.17. The highest BCUT2D eigenvalue weighted by Gasteiger charge is 2.21. The molecule has 4 nitrogen and oxygen atoms in total. The first-order valence-corrected chi connectivity index (χ1v) is 10.7. The molecule has 0 aliphatic heterocycles. The first-order valence-electron chi connectivity index (χ1n) is 9.82. The van der Waals surface area contributed by atoms with E-state index in [9.17, 15) is 4.79 Å². The highest BCUT2D eigenvalue weighted by Crippen LogP contribution is 2.34. The molecule has 1 N–H and O–H groups in total. The SMILES string of the molecule is COc1ccc(S[C@H](C)C(=O)N[C@@H](c2ccccc2)c2ccc(C)cc2)cc1OC. The Kier molecular flexibility index (Phi) is 7.41. The van der Waals surface area contributed by atoms with Crippen LogP contribution in [0.5, 0.6) is 11.5 Å². The largest absolute Gasteiger partial charge is 0.493 e. The average molecular weight is 422 g/mol. The zero-order chi connectivity index (χ0) is 21.5. The van der Waals surface area contributed by atoms with Crippen molar-refractivity contribution in [1.82, 2.24) is 5.32 Å². The molecule has 30 heavy (non-hydrogen) atoms. The zero-order valence-electron chi connectivity index (χ0n) is 17.7. The molecule has 0 unspecified atom stereocenters. The standard InChI is InChI=1S/C25H27NO3S/c1-17-10-12-20(13-11-17)24(19-8-6-5-7-9-19)26-25(27)18(2)30-21-14-15-22(28-3)23(16-21)29-4/h5-16,18,24H,1-4H3,(H,26,27)/t18-,24+/m1/s1. The molecule has 0 heterocycles. The molecule has 0 aliphatic carbocycles. The van der Waals surface area contributed by atoms with Crippen LogP contribution in [0.4, 0.5) is 0 Å². The van der Waals surface area contributed by atoms with Gasteiger partial charge in [0.15, 0.2) is 11.5 Å². The van der Waals surface area contributed by atoms with Gasteiger partial charge in [-0.05, 0) is 43.2 Å². The van der Waals surface area contributed by atoms with Crippen LogP contribution in [-0.2, 0) is 4.79 Å². The fourth-order valence-corrected chi connectivity index (χ4v) is 4.08. The lowest BCUT2D eigenvalue weighted by atomic mass is 9.97. The second-order valence-corrected chi connectivity index (χ2v) is 8.45. The Morgan fingerprint density at radius 1 is 0.867 bits per heavy atom. The minimum Gasteiger partial charge on any atom is -0.493 e. The van der Waals surface area contributed by atoms with E-state index >= 15 is 0 Å². The smallest absolute Gasteiger partial charge is 0.233 e. The van der Waals surface area contributed by atoms with Crippen molar-refractivity contribution in [3.63, 3.8) is 0 Å². The molecule has 0 fully saturated rings. The number of ether oxygens (including phenoxy) is 2. The van der Waals surface area contributed by atoms with Crippen LogP contribution < -0.4 is 14.8 Å². The molecule has 0 aliphatic rings. The van der Waals surface area contributed by atoms with Gasteiger partial charge in [-0.1, -0.05) is 60.2 Å². The Morgan fingerprint density at radius 2 is 1.50 bits per heavy atom. The summed E-state index contributed by atoms with van der Waals surface area (Å²) < 4.78 is 10.7. The number of aryl methyl sites for hydroxylation is 1. The molecule has 2 atom stereocenters. The van der Waals surface area contributed by atoms with Crippen LogP contribution >= 0.6 is 11.8 Å². The van der Waals surface area contributed by atoms with Gasteiger partial charge in [0.1, 0.15) is 0 Å². The summed E-state index contributed by atoms with van der Waals surface area (Å²) in [6.45, 7) is 3.97. The predicted octanol–water partition coefficient (Wildman–Crippen LogP) is 5.40. The van der Waals surface area contributed by atoms with Gasteiger partial charge in [0.25, 0.3) is 0 Å². The van der Waals surface area contributed by atoms with Crippen molar-refractivity contribution in [2.24, 2.45) is 0 Å². The molecule has 3 aromatic rings. The van der Waals surface area contributed by atoms with Gasteiger partial charge in [-0.2, -0.15) is 0 Å². The summed E-state index contributed by atoms with van der Waals surface area (Å²) in [4.78, 5) is 14.0. The van der Waals surface area contributed by atoms with E-state index in [1.54, 1.807) is 14.2 Å². The molecule has 0 radical (unpaired) electrons. The Bertz CT molecular complexity index is 973. The molecule has 1 amide bonds. The van der Waals surface area contributed by atoms with E-state index in [0.717, 1.165) is 16.0 Å². The fraction of sp³-hybridized carbons (Fsp3) is 0.240. The molecule has 0 bridgehead atoms. The third-order valence-corrected chi connectivity index (χ3v) is 5.96. The van der Waals surface area contributed by atoms with Crippen LogP contribution in [-0.4, -0.2) is 25.4 Å². The van der Waals surface area contributed by atoms with Crippen molar-refractivity contribution in [2.75, 3.05) is 14.2 Å². The molecule has 0 saturated heterocycles. The Labute approximate surface area is 182 Å². The van der Waals surface area contributed by atoms with Crippen molar-refractivity contribution in [3.05, 3.63) is 89.5 Å². The van der Waals surface area contributed by atoms with Crippen LogP contribution in [0.1, 0.15) is 29.7 Å². The van der Waals surface area contributed by atoms with E-state index in [1.807, 2.05) is 55.5 Å². The third kappa shape index (κ3) is 5.36. The van der Waals surface area contributed by atoms with Crippen molar-refractivity contribution in [1.29, 1.82) is 0 Å². The maximum absolute atomic E-state index is 13.1. The topological polar surface area (TPSA) is 47.6 Å². The van der Waals surface area contributed by atoms with Crippen molar-refractivity contribution < 1.29 is 14.3 Å². The Balaban J connectivity index is 1.77. The monoisotopic (exact) mass is 421 g/mol. The van der Waals surface area contributed by atoms with Gasteiger partial charge in [-0.25, -0.2) is 0 Å². The number of amides is 1. The lowest BCUT2D eigenvalue weighted by Gasteiger charge is -2.22. The molecule has 0 saturated carbocycles. The number of methoxy groups -OCH3 is 2. The maximum atomic E-state index is 13.1. The number of hydrogen-bond donors (Lipinski definition) is 1. The molecule has 3 rings (SSSR count). The van der Waals surface area contributed by atoms with Crippen LogP contribution in [0.15, 0.2) is 77.7 Å². The third-order valence-electron chi connectivity index (χ3n) is 4.87. The highest BCUT2D eigenvalue weighted by atomic mass is 32.2. The van der Waals surface area contributed by atoms with Gasteiger partial charge >= 0.3 is 0 Å². The van der Waals surface area contributed by atoms with Crippen LogP contribution in [0.2, 0.25) is 0 Å². The van der Waals surface area contributed by atoms with E-state index in [2.05, 4.69) is 36.5 Å². The minimum atomic E-state index is -0.278. The number of carbonyl (C=O) groups is 1. The summed E-state index contributed by atoms with van der Waals surface area (Å²) in [5.74, 6) is 1.30. The van der Waals surface area contributed by atoms with Gasteiger partial charge < -0.3 is 14.8 Å². The van der Waals surface area contributed by atoms with E-state index in [-0.39, 0.29) is 17.2 Å². The van der Waals surface area contributed by atoms with E-state index < -0.39 is 0 Å². The van der Waals surface area contributed by atoms with Gasteiger partial charge in [0.2, 0.25) is 5.91 Å². The number of carbonyl (C=O) groups excluding carboxylic acids is 1. The number of hydrogen-bond acceptors (Lipinski definition) is 4. The number of benzene rings is 3. The summed E-state index contributed by atoms with van der Waals surface area (Å²) >= 11 is 1.49. The summed E-state index contributed by atoms with van der Waals surface area (Å²) in [6, 6.07) is 23.8. The van der Waals surface area contributed by atoms with Crippen molar-refractivity contribution in [3.8, 4) is 11.5 Å². The van der Waals surface area contributed by atoms with Gasteiger partial charge in [0.05, 0.1) is 25.5 Å². The number of nitrogens with one attached hydrogen (secondary N) is 1. The summed E-state index contributed by atoms with van der Waals surface area (Å²) in [7, 11) is 3.21. The summed E-state index contributed by atoms with van der Waals surface area (Å²) in [5.41, 5.74) is 3.30. The second kappa shape index (κ2) is 10.2. The van der Waals surface area contributed by atoms with Crippen LogP contribution in [0.3, 0.4) is 0 Å².